The standard InChI is InChI=1S/C20H33NO/c1-11(2)17-9-21-15(7)19-14(6)13(5)16(8)22-10-18(12(3)4)20(17)19/h9,11-14,16,18H,10H2,1-8H3/t13-,14+,16-,18?/m0/s1. The summed E-state index contributed by atoms with van der Waals surface area (Å²) in [7, 11) is 0. The van der Waals surface area contributed by atoms with Gasteiger partial charge in [-0.1, -0.05) is 41.5 Å². The van der Waals surface area contributed by atoms with Crippen LogP contribution >= 0.6 is 0 Å². The van der Waals surface area contributed by atoms with E-state index in [0.717, 1.165) is 6.61 Å². The van der Waals surface area contributed by atoms with Gasteiger partial charge in [-0.3, -0.25) is 4.98 Å². The second kappa shape index (κ2) is 6.70. The molecular weight excluding hydrogens is 270 g/mol. The number of aromatic nitrogens is 1. The summed E-state index contributed by atoms with van der Waals surface area (Å²) >= 11 is 0. The molecule has 0 saturated heterocycles. The van der Waals surface area contributed by atoms with Crippen LogP contribution in [0, 0.1) is 18.8 Å². The van der Waals surface area contributed by atoms with Crippen molar-refractivity contribution in [3.8, 4) is 0 Å². The summed E-state index contributed by atoms with van der Waals surface area (Å²) in [6.07, 6.45) is 2.41. The Labute approximate surface area is 136 Å². The fraction of sp³-hybridized carbons (Fsp3) is 0.750. The fourth-order valence-electron chi connectivity index (χ4n) is 3.79. The Hall–Kier alpha value is -0.890. The predicted molar refractivity (Wildman–Crippen MR) is 93.6 cm³/mol. The van der Waals surface area contributed by atoms with Gasteiger partial charge in [0.2, 0.25) is 0 Å². The number of aryl methyl sites for hydroxylation is 1. The van der Waals surface area contributed by atoms with Crippen LogP contribution in [-0.4, -0.2) is 17.7 Å². The van der Waals surface area contributed by atoms with Gasteiger partial charge in [-0.2, -0.15) is 0 Å². The Morgan fingerprint density at radius 1 is 1.09 bits per heavy atom. The van der Waals surface area contributed by atoms with E-state index in [4.69, 9.17) is 9.72 Å². The molecule has 4 atom stereocenters. The second-order valence-corrected chi connectivity index (χ2v) is 7.82. The van der Waals surface area contributed by atoms with E-state index < -0.39 is 0 Å². The minimum absolute atomic E-state index is 0.298. The molecule has 1 aromatic heterocycles. The molecule has 2 heterocycles. The van der Waals surface area contributed by atoms with Gasteiger partial charge in [0.1, 0.15) is 0 Å². The molecule has 1 aliphatic rings. The average Bonchev–Trinajstić information content (AvgIpc) is 2.44. The molecule has 2 rings (SSSR count). The van der Waals surface area contributed by atoms with Gasteiger partial charge in [-0.05, 0) is 54.2 Å². The Morgan fingerprint density at radius 2 is 1.73 bits per heavy atom. The minimum Gasteiger partial charge on any atom is -0.378 e. The van der Waals surface area contributed by atoms with E-state index in [1.807, 2.05) is 0 Å². The summed E-state index contributed by atoms with van der Waals surface area (Å²) in [6, 6.07) is 0. The van der Waals surface area contributed by atoms with Gasteiger partial charge in [0, 0.05) is 17.8 Å². The first kappa shape index (κ1) is 17.5. The van der Waals surface area contributed by atoms with Crippen LogP contribution in [0.15, 0.2) is 6.20 Å². The van der Waals surface area contributed by atoms with E-state index in [0.29, 0.717) is 35.7 Å². The fourth-order valence-corrected chi connectivity index (χ4v) is 3.79. The third-order valence-electron chi connectivity index (χ3n) is 5.71. The number of fused-ring (bicyclic) bond motifs is 1. The molecule has 1 unspecified atom stereocenters. The molecule has 0 aromatic carbocycles. The zero-order chi connectivity index (χ0) is 16.6. The molecule has 2 nitrogen and oxygen atoms in total. The first-order valence-corrected chi connectivity index (χ1v) is 8.86. The summed E-state index contributed by atoms with van der Waals surface area (Å²) in [4.78, 5) is 4.75. The van der Waals surface area contributed by atoms with Crippen LogP contribution in [0.4, 0.5) is 0 Å². The molecule has 1 aliphatic heterocycles. The van der Waals surface area contributed by atoms with Gasteiger partial charge in [-0.15, -0.1) is 0 Å². The third-order valence-corrected chi connectivity index (χ3v) is 5.71. The predicted octanol–water partition coefficient (Wildman–Crippen LogP) is 5.41. The third kappa shape index (κ3) is 3.08. The summed E-state index contributed by atoms with van der Waals surface area (Å²) < 4.78 is 6.25. The smallest absolute Gasteiger partial charge is 0.0578 e. The van der Waals surface area contributed by atoms with Crippen molar-refractivity contribution in [2.45, 2.75) is 79.2 Å². The molecule has 0 aliphatic carbocycles. The van der Waals surface area contributed by atoms with Crippen molar-refractivity contribution in [1.29, 1.82) is 0 Å². The molecule has 2 heteroatoms. The topological polar surface area (TPSA) is 22.1 Å². The van der Waals surface area contributed by atoms with Crippen molar-refractivity contribution < 1.29 is 4.74 Å². The maximum Gasteiger partial charge on any atom is 0.0578 e. The summed E-state index contributed by atoms with van der Waals surface area (Å²) in [5, 5.41) is 0. The number of nitrogens with zero attached hydrogens (tertiary/aromatic N) is 1. The molecule has 0 amide bonds. The van der Waals surface area contributed by atoms with Gasteiger partial charge in [0.05, 0.1) is 12.7 Å². The molecule has 1 aromatic rings. The average molecular weight is 303 g/mol. The van der Waals surface area contributed by atoms with E-state index in [1.54, 1.807) is 0 Å². The lowest BCUT2D eigenvalue weighted by Gasteiger charge is -2.38. The minimum atomic E-state index is 0.298. The molecular formula is C20H33NO. The van der Waals surface area contributed by atoms with Crippen molar-refractivity contribution in [3.63, 3.8) is 0 Å². The van der Waals surface area contributed by atoms with Gasteiger partial charge < -0.3 is 4.74 Å². The van der Waals surface area contributed by atoms with Crippen LogP contribution in [-0.2, 0) is 4.74 Å². The highest BCUT2D eigenvalue weighted by atomic mass is 16.5. The lowest BCUT2D eigenvalue weighted by molar-refractivity contribution is 0.00403. The normalized spacial score (nSPS) is 29.4. The quantitative estimate of drug-likeness (QED) is 0.728. The highest BCUT2D eigenvalue weighted by molar-refractivity contribution is 5.43. The Kier molecular flexibility index (Phi) is 5.32. The van der Waals surface area contributed by atoms with E-state index in [1.165, 1.54) is 22.4 Å². The van der Waals surface area contributed by atoms with Crippen molar-refractivity contribution in [2.75, 3.05) is 6.61 Å². The molecule has 0 fully saturated rings. The lowest BCUT2D eigenvalue weighted by atomic mass is 9.73. The van der Waals surface area contributed by atoms with Crippen LogP contribution in [0.3, 0.4) is 0 Å². The monoisotopic (exact) mass is 303 g/mol. The van der Waals surface area contributed by atoms with Crippen LogP contribution < -0.4 is 0 Å². The van der Waals surface area contributed by atoms with Crippen LogP contribution in [0.25, 0.3) is 0 Å². The van der Waals surface area contributed by atoms with Crippen molar-refractivity contribution >= 4 is 0 Å². The largest absolute Gasteiger partial charge is 0.378 e. The van der Waals surface area contributed by atoms with Crippen LogP contribution in [0.1, 0.15) is 88.6 Å². The highest BCUT2D eigenvalue weighted by Crippen LogP contribution is 2.43. The maximum atomic E-state index is 6.25. The Morgan fingerprint density at radius 3 is 2.27 bits per heavy atom. The van der Waals surface area contributed by atoms with Crippen molar-refractivity contribution in [2.24, 2.45) is 11.8 Å². The van der Waals surface area contributed by atoms with Crippen molar-refractivity contribution in [3.05, 3.63) is 28.6 Å². The second-order valence-electron chi connectivity index (χ2n) is 7.82. The zero-order valence-electron chi connectivity index (χ0n) is 15.6. The Bertz CT molecular complexity index is 521. The number of ether oxygens (including phenoxy) is 1. The van der Waals surface area contributed by atoms with Gasteiger partial charge in [-0.25, -0.2) is 0 Å². The first-order valence-electron chi connectivity index (χ1n) is 8.86. The van der Waals surface area contributed by atoms with Crippen molar-refractivity contribution in [1.82, 2.24) is 4.98 Å². The molecule has 0 bridgehead atoms. The zero-order valence-corrected chi connectivity index (χ0v) is 15.6. The maximum absolute atomic E-state index is 6.25. The molecule has 22 heavy (non-hydrogen) atoms. The van der Waals surface area contributed by atoms with E-state index in [9.17, 15) is 0 Å². The van der Waals surface area contributed by atoms with E-state index >= 15 is 0 Å². The highest BCUT2D eigenvalue weighted by Gasteiger charge is 2.34. The molecule has 0 N–H and O–H groups in total. The summed E-state index contributed by atoms with van der Waals surface area (Å²) in [5.41, 5.74) is 5.64. The van der Waals surface area contributed by atoms with Gasteiger partial charge in [0.25, 0.3) is 0 Å². The van der Waals surface area contributed by atoms with E-state index in [2.05, 4.69) is 61.6 Å². The molecule has 0 radical (unpaired) electrons. The van der Waals surface area contributed by atoms with Gasteiger partial charge >= 0.3 is 0 Å². The number of pyridine rings is 1. The molecule has 0 spiro atoms. The van der Waals surface area contributed by atoms with E-state index in [-0.39, 0.29) is 0 Å². The Balaban J connectivity index is 2.72. The lowest BCUT2D eigenvalue weighted by Crippen LogP contribution is -2.32. The first-order chi connectivity index (χ1) is 10.3. The molecule has 124 valence electrons. The number of hydrogen-bond acceptors (Lipinski definition) is 2. The number of hydrogen-bond donors (Lipinski definition) is 0. The molecule has 0 saturated carbocycles. The van der Waals surface area contributed by atoms with Crippen LogP contribution in [0.5, 0.6) is 0 Å². The summed E-state index contributed by atoms with van der Waals surface area (Å²) in [6.45, 7) is 19.1. The van der Waals surface area contributed by atoms with Crippen LogP contribution in [0.2, 0.25) is 0 Å². The number of rotatable bonds is 2. The SMILES string of the molecule is Cc1ncc(C(C)C)c2c1[C@H](C)[C@H](C)[C@H](C)OCC2C(C)C. The summed E-state index contributed by atoms with van der Waals surface area (Å²) in [5.74, 6) is 2.53. The van der Waals surface area contributed by atoms with Gasteiger partial charge in [0.15, 0.2) is 0 Å².